The minimum absolute atomic E-state index is 0.114. The number of halogens is 2. The van der Waals surface area contributed by atoms with Crippen molar-refractivity contribution in [3.63, 3.8) is 0 Å². The molecule has 14 heavy (non-hydrogen) atoms. The van der Waals surface area contributed by atoms with E-state index in [1.807, 2.05) is 0 Å². The lowest BCUT2D eigenvalue weighted by atomic mass is 10.1. The van der Waals surface area contributed by atoms with Gasteiger partial charge in [-0.3, -0.25) is 0 Å². The lowest BCUT2D eigenvalue weighted by molar-refractivity contribution is 0.148. The lowest BCUT2D eigenvalue weighted by Crippen LogP contribution is -2.03. The molecule has 0 amide bonds. The molecule has 74 valence electrons. The fourth-order valence-corrected chi connectivity index (χ4v) is 0.999. The Bertz CT molecular complexity index is 387. The number of hydrogen-bond acceptors (Lipinski definition) is 4. The van der Waals surface area contributed by atoms with Crippen LogP contribution in [-0.4, -0.2) is 12.1 Å². The van der Waals surface area contributed by atoms with Gasteiger partial charge in [0, 0.05) is 0 Å². The molecule has 0 fully saturated rings. The van der Waals surface area contributed by atoms with Gasteiger partial charge in [-0.15, -0.1) is 0 Å². The predicted molar refractivity (Wildman–Crippen MR) is 44.9 cm³/mol. The Morgan fingerprint density at radius 3 is 2.71 bits per heavy atom. The lowest BCUT2D eigenvalue weighted by Gasteiger charge is -2.10. The van der Waals surface area contributed by atoms with Crippen molar-refractivity contribution >= 4 is 5.69 Å². The fraction of sp³-hybridized carbons (Fsp3) is 0.250. The number of pyridine rings is 1. The molecule has 0 radical (unpaired) electrons. The normalized spacial score (nSPS) is 9.93. The zero-order chi connectivity index (χ0) is 10.7. The van der Waals surface area contributed by atoms with Gasteiger partial charge in [0.2, 0.25) is 0 Å². The van der Waals surface area contributed by atoms with Crippen molar-refractivity contribution in [2.24, 2.45) is 0 Å². The Hall–Kier alpha value is -1.90. The number of alkyl halides is 2. The minimum Gasteiger partial charge on any atom is -0.495 e. The van der Waals surface area contributed by atoms with E-state index in [2.05, 4.69) is 9.72 Å². The van der Waals surface area contributed by atoms with Crippen LogP contribution in [0.15, 0.2) is 6.20 Å². The van der Waals surface area contributed by atoms with E-state index in [0.717, 1.165) is 6.20 Å². The molecule has 0 bridgehead atoms. The van der Waals surface area contributed by atoms with E-state index in [1.165, 1.54) is 7.11 Å². The van der Waals surface area contributed by atoms with Crippen LogP contribution in [0.2, 0.25) is 0 Å². The zero-order valence-corrected chi connectivity index (χ0v) is 7.29. The number of nitriles is 1. The van der Waals surface area contributed by atoms with Gasteiger partial charge in [0.05, 0.1) is 24.6 Å². The summed E-state index contributed by atoms with van der Waals surface area (Å²) in [5.74, 6) is -0.114. The Kier molecular flexibility index (Phi) is 2.82. The molecule has 0 aliphatic heterocycles. The molecular formula is C8H7F2N3O. The van der Waals surface area contributed by atoms with E-state index in [0.29, 0.717) is 0 Å². The topological polar surface area (TPSA) is 71.9 Å². The average molecular weight is 199 g/mol. The third-order valence-corrected chi connectivity index (χ3v) is 1.67. The second kappa shape index (κ2) is 3.87. The Morgan fingerprint density at radius 2 is 2.29 bits per heavy atom. The highest BCUT2D eigenvalue weighted by Crippen LogP contribution is 2.34. The molecule has 6 heteroatoms. The predicted octanol–water partition coefficient (Wildman–Crippen LogP) is 1.48. The highest BCUT2D eigenvalue weighted by atomic mass is 19.3. The number of nitrogens with two attached hydrogens (primary N) is 1. The summed E-state index contributed by atoms with van der Waals surface area (Å²) in [6, 6.07) is 1.62. The number of nitrogen functional groups attached to an aromatic ring is 1. The monoisotopic (exact) mass is 199 g/mol. The van der Waals surface area contributed by atoms with E-state index in [1.54, 1.807) is 6.07 Å². The summed E-state index contributed by atoms with van der Waals surface area (Å²) in [5, 5.41) is 8.51. The largest absolute Gasteiger partial charge is 0.495 e. The molecule has 0 saturated carbocycles. The van der Waals surface area contributed by atoms with Gasteiger partial charge < -0.3 is 10.5 Å². The summed E-state index contributed by atoms with van der Waals surface area (Å²) in [5.41, 5.74) is 4.29. The number of anilines is 1. The van der Waals surface area contributed by atoms with Crippen LogP contribution in [0.4, 0.5) is 14.5 Å². The van der Waals surface area contributed by atoms with E-state index < -0.39 is 12.0 Å². The molecule has 1 rings (SSSR count). The average Bonchev–Trinajstić information content (AvgIpc) is 2.16. The molecule has 0 aliphatic carbocycles. The number of aromatic nitrogens is 1. The van der Waals surface area contributed by atoms with Crippen LogP contribution in [0.25, 0.3) is 0 Å². The van der Waals surface area contributed by atoms with Crippen molar-refractivity contribution in [1.82, 2.24) is 4.98 Å². The summed E-state index contributed by atoms with van der Waals surface area (Å²) in [4.78, 5) is 3.57. The van der Waals surface area contributed by atoms with Gasteiger partial charge in [0.1, 0.15) is 11.8 Å². The van der Waals surface area contributed by atoms with Gasteiger partial charge in [-0.2, -0.15) is 5.26 Å². The van der Waals surface area contributed by atoms with Crippen LogP contribution in [0.5, 0.6) is 5.75 Å². The molecule has 1 heterocycles. The molecule has 4 nitrogen and oxygen atoms in total. The van der Waals surface area contributed by atoms with Crippen molar-refractivity contribution in [3.05, 3.63) is 17.5 Å². The number of ether oxygens (including phenoxy) is 1. The molecule has 0 aliphatic rings. The van der Waals surface area contributed by atoms with Crippen LogP contribution in [-0.2, 0) is 0 Å². The van der Waals surface area contributed by atoms with Crippen molar-refractivity contribution in [2.45, 2.75) is 6.43 Å². The molecule has 0 saturated heterocycles. The summed E-state index contributed by atoms with van der Waals surface area (Å²) in [6.45, 7) is 0. The second-order valence-electron chi connectivity index (χ2n) is 2.42. The SMILES string of the molecule is COc1cnc(C#N)c(N)c1C(F)F. The van der Waals surface area contributed by atoms with Gasteiger partial charge in [-0.1, -0.05) is 0 Å². The minimum atomic E-state index is -2.79. The maximum absolute atomic E-state index is 12.5. The smallest absolute Gasteiger partial charge is 0.269 e. The van der Waals surface area contributed by atoms with Crippen LogP contribution >= 0.6 is 0 Å². The van der Waals surface area contributed by atoms with Gasteiger partial charge in [-0.25, -0.2) is 13.8 Å². The summed E-state index contributed by atoms with van der Waals surface area (Å²) >= 11 is 0. The standard InChI is InChI=1S/C8H7F2N3O/c1-14-5-3-13-4(2-11)7(12)6(5)8(9)10/h3,8H,12H2,1H3. The highest BCUT2D eigenvalue weighted by molar-refractivity contribution is 5.60. The fourth-order valence-electron chi connectivity index (χ4n) is 0.999. The van der Waals surface area contributed by atoms with Gasteiger partial charge in [0.25, 0.3) is 6.43 Å². The van der Waals surface area contributed by atoms with Crippen molar-refractivity contribution in [2.75, 3.05) is 12.8 Å². The molecule has 2 N–H and O–H groups in total. The maximum atomic E-state index is 12.5. The molecule has 0 aromatic carbocycles. The van der Waals surface area contributed by atoms with Gasteiger partial charge >= 0.3 is 0 Å². The third-order valence-electron chi connectivity index (χ3n) is 1.67. The van der Waals surface area contributed by atoms with Crippen LogP contribution in [0.1, 0.15) is 17.7 Å². The van der Waals surface area contributed by atoms with E-state index in [9.17, 15) is 8.78 Å². The van der Waals surface area contributed by atoms with Crippen LogP contribution in [0, 0.1) is 11.3 Å². The summed E-state index contributed by atoms with van der Waals surface area (Å²) < 4.78 is 29.6. The van der Waals surface area contributed by atoms with Crippen molar-refractivity contribution in [1.29, 1.82) is 5.26 Å². The zero-order valence-electron chi connectivity index (χ0n) is 7.29. The van der Waals surface area contributed by atoms with Gasteiger partial charge in [0.15, 0.2) is 5.69 Å². The second-order valence-corrected chi connectivity index (χ2v) is 2.42. The Morgan fingerprint density at radius 1 is 1.64 bits per heavy atom. The molecule has 1 aromatic rings. The number of hydrogen-bond donors (Lipinski definition) is 1. The van der Waals surface area contributed by atoms with Crippen LogP contribution in [0.3, 0.4) is 0 Å². The summed E-state index contributed by atoms with van der Waals surface area (Å²) in [6.07, 6.45) is -1.74. The van der Waals surface area contributed by atoms with Gasteiger partial charge in [-0.05, 0) is 0 Å². The Labute approximate surface area is 78.9 Å². The first-order valence-corrected chi connectivity index (χ1v) is 3.62. The van der Waals surface area contributed by atoms with Crippen molar-refractivity contribution < 1.29 is 13.5 Å². The highest BCUT2D eigenvalue weighted by Gasteiger charge is 2.20. The third kappa shape index (κ3) is 1.57. The Balaban J connectivity index is 3.41. The number of methoxy groups -OCH3 is 1. The van der Waals surface area contributed by atoms with Crippen LogP contribution < -0.4 is 10.5 Å². The first-order chi connectivity index (χ1) is 6.61. The number of nitrogens with zero attached hydrogens (tertiary/aromatic N) is 2. The van der Waals surface area contributed by atoms with E-state index >= 15 is 0 Å². The van der Waals surface area contributed by atoms with E-state index in [4.69, 9.17) is 11.0 Å². The molecule has 0 unspecified atom stereocenters. The molecule has 0 spiro atoms. The quantitative estimate of drug-likeness (QED) is 0.782. The van der Waals surface area contributed by atoms with Crippen molar-refractivity contribution in [3.8, 4) is 11.8 Å². The van der Waals surface area contributed by atoms with E-state index in [-0.39, 0.29) is 17.1 Å². The number of rotatable bonds is 2. The maximum Gasteiger partial charge on any atom is 0.269 e. The molecular weight excluding hydrogens is 192 g/mol. The first-order valence-electron chi connectivity index (χ1n) is 3.62. The molecule has 0 atom stereocenters. The summed E-state index contributed by atoms with van der Waals surface area (Å²) in [7, 11) is 1.23. The first kappa shape index (κ1) is 10.2. The molecule has 1 aromatic heterocycles.